The molecule has 1 atom stereocenters. The number of rotatable bonds is 4. The Morgan fingerprint density at radius 1 is 1.17 bits per heavy atom. The van der Waals surface area contributed by atoms with Crippen molar-refractivity contribution in [3.8, 4) is 0 Å². The number of carbonyl (C=O) groups excluding carboxylic acids is 2. The van der Waals surface area contributed by atoms with E-state index < -0.39 is 0 Å². The van der Waals surface area contributed by atoms with Crippen LogP contribution < -0.4 is 5.32 Å². The Bertz CT molecular complexity index is 595. The lowest BCUT2D eigenvalue weighted by Crippen LogP contribution is -2.41. The van der Waals surface area contributed by atoms with Crippen LogP contribution in [0.2, 0.25) is 0 Å². The molecule has 0 saturated carbocycles. The van der Waals surface area contributed by atoms with Crippen LogP contribution in [0.1, 0.15) is 42.5 Å². The first-order valence-corrected chi connectivity index (χ1v) is 8.54. The van der Waals surface area contributed by atoms with E-state index in [2.05, 4.69) is 11.4 Å². The number of nitrogens with zero attached hydrogens (tertiary/aromatic N) is 1. The van der Waals surface area contributed by atoms with Crippen LogP contribution in [0.25, 0.3) is 0 Å². The topological polar surface area (TPSA) is 49.4 Å². The molecule has 4 nitrogen and oxygen atoms in total. The number of hydrogen-bond donors (Lipinski definition) is 1. The van der Waals surface area contributed by atoms with Crippen molar-refractivity contribution in [2.24, 2.45) is 5.92 Å². The maximum absolute atomic E-state index is 12.3. The van der Waals surface area contributed by atoms with Crippen molar-refractivity contribution in [1.82, 2.24) is 10.2 Å². The van der Waals surface area contributed by atoms with Gasteiger partial charge in [-0.1, -0.05) is 29.8 Å². The maximum atomic E-state index is 12.3. The molecule has 1 unspecified atom stereocenters. The summed E-state index contributed by atoms with van der Waals surface area (Å²) >= 11 is 0. The summed E-state index contributed by atoms with van der Waals surface area (Å²) in [6.07, 6.45) is 7.50. The fraction of sp³-hybridized carbons (Fsp3) is 0.474. The number of fused-ring (bicyclic) bond motifs is 1. The quantitative estimate of drug-likeness (QED) is 0.869. The minimum Gasteiger partial charge on any atom is -0.352 e. The molecule has 1 aliphatic heterocycles. The molecule has 2 amide bonds. The lowest BCUT2D eigenvalue weighted by Gasteiger charge is -2.36. The smallest absolute Gasteiger partial charge is 0.251 e. The summed E-state index contributed by atoms with van der Waals surface area (Å²) in [6.45, 7) is 2.04. The molecule has 0 bridgehead atoms. The molecular formula is C19H24N2O2. The van der Waals surface area contributed by atoms with Crippen LogP contribution in [-0.4, -0.2) is 36.3 Å². The number of hydrogen-bond acceptors (Lipinski definition) is 2. The van der Waals surface area contributed by atoms with Crippen molar-refractivity contribution in [3.05, 3.63) is 47.5 Å². The summed E-state index contributed by atoms with van der Waals surface area (Å²) in [7, 11) is 0. The lowest BCUT2D eigenvalue weighted by molar-refractivity contribution is -0.131. The van der Waals surface area contributed by atoms with E-state index in [1.807, 2.05) is 23.1 Å². The molecular weight excluding hydrogens is 288 g/mol. The van der Waals surface area contributed by atoms with Gasteiger partial charge < -0.3 is 10.2 Å². The van der Waals surface area contributed by atoms with E-state index in [9.17, 15) is 9.59 Å². The zero-order valence-electron chi connectivity index (χ0n) is 13.5. The molecule has 1 fully saturated rings. The minimum absolute atomic E-state index is 0.118. The van der Waals surface area contributed by atoms with E-state index in [4.69, 9.17) is 0 Å². The largest absolute Gasteiger partial charge is 0.352 e. The molecule has 122 valence electrons. The number of benzene rings is 1. The van der Waals surface area contributed by atoms with Crippen molar-refractivity contribution in [2.45, 2.75) is 32.1 Å². The minimum atomic E-state index is -0.118. The molecule has 3 rings (SSSR count). The van der Waals surface area contributed by atoms with Gasteiger partial charge >= 0.3 is 0 Å². The van der Waals surface area contributed by atoms with Gasteiger partial charge in [0.2, 0.25) is 5.91 Å². The maximum Gasteiger partial charge on any atom is 0.251 e. The fourth-order valence-electron chi connectivity index (χ4n) is 3.48. The molecule has 0 aromatic heterocycles. The van der Waals surface area contributed by atoms with Gasteiger partial charge in [-0.05, 0) is 43.7 Å². The highest BCUT2D eigenvalue weighted by atomic mass is 16.2. The third-order valence-corrected chi connectivity index (χ3v) is 4.82. The van der Waals surface area contributed by atoms with E-state index in [0.717, 1.165) is 25.9 Å². The van der Waals surface area contributed by atoms with Crippen LogP contribution in [0.15, 0.2) is 42.0 Å². The van der Waals surface area contributed by atoms with Gasteiger partial charge in [0.1, 0.15) is 0 Å². The van der Waals surface area contributed by atoms with Gasteiger partial charge in [0, 0.05) is 31.6 Å². The van der Waals surface area contributed by atoms with Crippen molar-refractivity contribution < 1.29 is 9.59 Å². The SMILES string of the molecule is O=C(NCCC(=O)N1CCC2CCCC=C2C1)c1ccccc1. The average molecular weight is 312 g/mol. The molecule has 2 aliphatic rings. The predicted octanol–water partition coefficient (Wildman–Crippen LogP) is 2.77. The molecule has 1 N–H and O–H groups in total. The highest BCUT2D eigenvalue weighted by Crippen LogP contribution is 2.31. The molecule has 0 spiro atoms. The second-order valence-electron chi connectivity index (χ2n) is 6.38. The highest BCUT2D eigenvalue weighted by Gasteiger charge is 2.27. The third-order valence-electron chi connectivity index (χ3n) is 4.82. The fourth-order valence-corrected chi connectivity index (χ4v) is 3.48. The Hall–Kier alpha value is -2.10. The van der Waals surface area contributed by atoms with E-state index in [-0.39, 0.29) is 11.8 Å². The number of piperidine rings is 1. The van der Waals surface area contributed by atoms with Crippen LogP contribution in [-0.2, 0) is 4.79 Å². The van der Waals surface area contributed by atoms with Crippen molar-refractivity contribution >= 4 is 11.8 Å². The number of allylic oxidation sites excluding steroid dienone is 1. The number of carbonyl (C=O) groups is 2. The first kappa shape index (κ1) is 15.8. The number of amides is 2. The Morgan fingerprint density at radius 2 is 2.00 bits per heavy atom. The second kappa shape index (κ2) is 7.44. The summed E-state index contributed by atoms with van der Waals surface area (Å²) < 4.78 is 0. The predicted molar refractivity (Wildman–Crippen MR) is 90.0 cm³/mol. The summed E-state index contributed by atoms with van der Waals surface area (Å²) in [6, 6.07) is 9.10. The first-order chi connectivity index (χ1) is 11.2. The average Bonchev–Trinajstić information content (AvgIpc) is 2.61. The molecule has 1 saturated heterocycles. The van der Waals surface area contributed by atoms with Crippen molar-refractivity contribution in [3.63, 3.8) is 0 Å². The summed E-state index contributed by atoms with van der Waals surface area (Å²) in [5.74, 6) is 0.723. The molecule has 0 radical (unpaired) electrons. The van der Waals surface area contributed by atoms with Gasteiger partial charge in [0.15, 0.2) is 0 Å². The van der Waals surface area contributed by atoms with Gasteiger partial charge in [0.25, 0.3) is 5.91 Å². The normalized spacial score (nSPS) is 20.4. The van der Waals surface area contributed by atoms with Gasteiger partial charge in [-0.2, -0.15) is 0 Å². The Balaban J connectivity index is 1.45. The second-order valence-corrected chi connectivity index (χ2v) is 6.38. The first-order valence-electron chi connectivity index (χ1n) is 8.54. The lowest BCUT2D eigenvalue weighted by atomic mass is 9.82. The third kappa shape index (κ3) is 4.01. The van der Waals surface area contributed by atoms with Crippen molar-refractivity contribution in [1.29, 1.82) is 0 Å². The van der Waals surface area contributed by atoms with E-state index in [1.54, 1.807) is 12.1 Å². The van der Waals surface area contributed by atoms with Gasteiger partial charge in [-0.25, -0.2) is 0 Å². The zero-order valence-corrected chi connectivity index (χ0v) is 13.5. The van der Waals surface area contributed by atoms with Crippen LogP contribution in [0, 0.1) is 5.92 Å². The summed E-state index contributed by atoms with van der Waals surface area (Å²) in [5, 5.41) is 2.82. The molecule has 1 aromatic rings. The van der Waals surface area contributed by atoms with E-state index in [0.29, 0.717) is 24.4 Å². The van der Waals surface area contributed by atoms with Gasteiger partial charge in [-0.15, -0.1) is 0 Å². The molecule has 1 aliphatic carbocycles. The monoisotopic (exact) mass is 312 g/mol. The zero-order chi connectivity index (χ0) is 16.1. The van der Waals surface area contributed by atoms with Crippen LogP contribution >= 0.6 is 0 Å². The number of likely N-dealkylation sites (tertiary alicyclic amines) is 1. The molecule has 1 heterocycles. The Labute approximate surface area is 137 Å². The van der Waals surface area contributed by atoms with Gasteiger partial charge in [-0.3, -0.25) is 9.59 Å². The standard InChI is InChI=1S/C19H24N2O2/c22-18(10-12-20-19(23)16-7-2-1-3-8-16)21-13-11-15-6-4-5-9-17(15)14-21/h1-3,7-9,15H,4-6,10-14H2,(H,20,23). The molecule has 23 heavy (non-hydrogen) atoms. The molecule has 1 aromatic carbocycles. The van der Waals surface area contributed by atoms with Crippen LogP contribution in [0.3, 0.4) is 0 Å². The number of nitrogens with one attached hydrogen (secondary N) is 1. The van der Waals surface area contributed by atoms with Crippen molar-refractivity contribution in [2.75, 3.05) is 19.6 Å². The summed E-state index contributed by atoms with van der Waals surface area (Å²) in [5.41, 5.74) is 2.08. The van der Waals surface area contributed by atoms with Crippen LogP contribution in [0.4, 0.5) is 0 Å². The van der Waals surface area contributed by atoms with Gasteiger partial charge in [0.05, 0.1) is 0 Å². The van der Waals surface area contributed by atoms with Crippen LogP contribution in [0.5, 0.6) is 0 Å². The molecule has 4 heteroatoms. The Kier molecular flexibility index (Phi) is 5.11. The van der Waals surface area contributed by atoms with E-state index in [1.165, 1.54) is 18.4 Å². The summed E-state index contributed by atoms with van der Waals surface area (Å²) in [4.78, 5) is 26.2. The Morgan fingerprint density at radius 3 is 2.83 bits per heavy atom. The highest BCUT2D eigenvalue weighted by molar-refractivity contribution is 5.94. The van der Waals surface area contributed by atoms with E-state index >= 15 is 0 Å².